The Labute approximate surface area is 275 Å². The highest BCUT2D eigenvalue weighted by Gasteiger charge is 2.31. The molecule has 3 aromatic carbocycles. The van der Waals surface area contributed by atoms with E-state index in [0.29, 0.717) is 16.7 Å². The van der Waals surface area contributed by atoms with Crippen LogP contribution >= 0.6 is 11.8 Å². The number of hydrogen-bond acceptors (Lipinski definition) is 5. The van der Waals surface area contributed by atoms with Crippen molar-refractivity contribution >= 4 is 28.6 Å². The molecule has 13 heteroatoms. The van der Waals surface area contributed by atoms with E-state index in [0.717, 1.165) is 60.4 Å². The van der Waals surface area contributed by atoms with Gasteiger partial charge in [0.15, 0.2) is 11.0 Å². The number of carbonyl (C=O) groups excluding carboxylic acids is 1. The van der Waals surface area contributed by atoms with Crippen LogP contribution in [0.5, 0.6) is 5.75 Å². The number of amidine groups is 1. The molecule has 1 aromatic heterocycles. The maximum absolute atomic E-state index is 14.0. The first-order valence-electron chi connectivity index (χ1n) is 15.4. The van der Waals surface area contributed by atoms with Crippen LogP contribution in [0.15, 0.2) is 78.0 Å². The first kappa shape index (κ1) is 34.0. The van der Waals surface area contributed by atoms with Crippen molar-refractivity contribution in [3.63, 3.8) is 0 Å². The van der Waals surface area contributed by atoms with Crippen LogP contribution in [0, 0.1) is 5.82 Å². The molecule has 1 aliphatic heterocycles. The Morgan fingerprint density at radius 2 is 1.81 bits per heavy atom. The average Bonchev–Trinajstić information content (AvgIpc) is 3.52. The van der Waals surface area contributed by atoms with E-state index < -0.39 is 6.36 Å². The van der Waals surface area contributed by atoms with E-state index in [1.54, 1.807) is 12.1 Å². The minimum Gasteiger partial charge on any atom is -0.406 e. The van der Waals surface area contributed by atoms with Crippen molar-refractivity contribution in [3.8, 4) is 22.8 Å². The molecule has 0 bridgehead atoms. The zero-order valence-corrected chi connectivity index (χ0v) is 27.1. The van der Waals surface area contributed by atoms with E-state index >= 15 is 0 Å². The summed E-state index contributed by atoms with van der Waals surface area (Å²) in [4.78, 5) is 23.6. The number of hydrogen-bond donors (Lipinski definition) is 1. The fraction of sp³-hybridized carbons (Fsp3) is 0.353. The molecule has 0 saturated carbocycles. The lowest BCUT2D eigenvalue weighted by Gasteiger charge is -2.32. The highest BCUT2D eigenvalue weighted by atomic mass is 32.2. The summed E-state index contributed by atoms with van der Waals surface area (Å²) in [7, 11) is 0. The lowest BCUT2D eigenvalue weighted by atomic mass is 10.00. The molecule has 1 unspecified atom stereocenters. The minimum atomic E-state index is -4.75. The maximum Gasteiger partial charge on any atom is 0.573 e. The molecule has 1 atom stereocenters. The number of amides is 2. The smallest absolute Gasteiger partial charge is 0.406 e. The summed E-state index contributed by atoms with van der Waals surface area (Å²) >= 11 is 1.54. The highest BCUT2D eigenvalue weighted by molar-refractivity contribution is 8.14. The Morgan fingerprint density at radius 1 is 1.06 bits per heavy atom. The van der Waals surface area contributed by atoms with E-state index in [9.17, 15) is 22.4 Å². The number of ether oxygens (including phenoxy) is 1. The van der Waals surface area contributed by atoms with Crippen molar-refractivity contribution in [1.29, 1.82) is 0 Å². The number of aryl methyl sites for hydroxylation is 1. The maximum atomic E-state index is 14.0. The quantitative estimate of drug-likeness (QED) is 0.171. The lowest BCUT2D eigenvalue weighted by molar-refractivity contribution is -0.274. The fourth-order valence-corrected chi connectivity index (χ4v) is 6.21. The monoisotopic (exact) mass is 668 g/mol. The van der Waals surface area contributed by atoms with Crippen molar-refractivity contribution in [2.75, 3.05) is 17.2 Å². The largest absolute Gasteiger partial charge is 0.573 e. The number of thioether (sulfide) groups is 1. The molecule has 2 amide bonds. The van der Waals surface area contributed by atoms with Crippen LogP contribution in [0.4, 0.5) is 28.0 Å². The predicted molar refractivity (Wildman–Crippen MR) is 177 cm³/mol. The van der Waals surface area contributed by atoms with Crippen LogP contribution < -0.4 is 15.0 Å². The molecule has 248 valence electrons. The predicted octanol–water partition coefficient (Wildman–Crippen LogP) is 8.52. The van der Waals surface area contributed by atoms with Gasteiger partial charge in [-0.1, -0.05) is 49.9 Å². The fourth-order valence-electron chi connectivity index (χ4n) is 5.26. The van der Waals surface area contributed by atoms with Gasteiger partial charge in [0.25, 0.3) is 0 Å². The van der Waals surface area contributed by atoms with Gasteiger partial charge in [-0.25, -0.2) is 18.9 Å². The van der Waals surface area contributed by atoms with Crippen LogP contribution in [0.3, 0.4) is 0 Å². The van der Waals surface area contributed by atoms with Crippen molar-refractivity contribution in [1.82, 2.24) is 20.1 Å². The molecule has 1 fully saturated rings. The van der Waals surface area contributed by atoms with Gasteiger partial charge in [-0.05, 0) is 92.1 Å². The molecular formula is C34H36F4N6O2S. The van der Waals surface area contributed by atoms with Gasteiger partial charge in [0.2, 0.25) is 0 Å². The van der Waals surface area contributed by atoms with Gasteiger partial charge in [0.05, 0.1) is 5.69 Å². The molecule has 5 rings (SSSR count). The molecule has 1 N–H and O–H groups in total. The number of anilines is 1. The molecule has 0 aliphatic carbocycles. The minimum absolute atomic E-state index is 0.0764. The van der Waals surface area contributed by atoms with Crippen LogP contribution in [-0.2, 0) is 6.42 Å². The van der Waals surface area contributed by atoms with Crippen LogP contribution in [-0.4, -0.2) is 50.7 Å². The number of benzene rings is 3. The molecule has 8 nitrogen and oxygen atoms in total. The van der Waals surface area contributed by atoms with Gasteiger partial charge in [0.1, 0.15) is 17.9 Å². The van der Waals surface area contributed by atoms with Crippen LogP contribution in [0.2, 0.25) is 0 Å². The number of nitrogens with zero attached hydrogens (tertiary/aromatic N) is 5. The molecular weight excluding hydrogens is 632 g/mol. The Kier molecular flexibility index (Phi) is 10.8. The zero-order chi connectivity index (χ0) is 33.6. The first-order valence-corrected chi connectivity index (χ1v) is 16.4. The third-order valence-corrected chi connectivity index (χ3v) is 8.66. The van der Waals surface area contributed by atoms with Gasteiger partial charge in [-0.3, -0.25) is 0 Å². The van der Waals surface area contributed by atoms with E-state index in [4.69, 9.17) is 0 Å². The zero-order valence-electron chi connectivity index (χ0n) is 26.3. The van der Waals surface area contributed by atoms with Crippen molar-refractivity contribution in [2.24, 2.45) is 4.99 Å². The number of aromatic nitrogens is 3. The van der Waals surface area contributed by atoms with Gasteiger partial charge in [0, 0.05) is 29.6 Å². The molecule has 2 heterocycles. The summed E-state index contributed by atoms with van der Waals surface area (Å²) in [6.07, 6.45) is 0.129. The third-order valence-electron chi connectivity index (χ3n) is 7.60. The summed E-state index contributed by atoms with van der Waals surface area (Å²) < 4.78 is 56.6. The number of rotatable bonds is 10. The number of halogens is 4. The SMILES string of the molecule is CC(CCCc1ccc(-c2ncn(-c3ccc(OC(F)(F)F)cc3)n2)cc1)NC(=O)N=C1SCCCN1c1ccc(F)cc1C(C)C. The topological polar surface area (TPSA) is 84.6 Å². The third kappa shape index (κ3) is 9.34. The van der Waals surface area contributed by atoms with E-state index in [-0.39, 0.29) is 29.6 Å². The summed E-state index contributed by atoms with van der Waals surface area (Å²) in [5, 5.41) is 8.06. The molecule has 47 heavy (non-hydrogen) atoms. The van der Waals surface area contributed by atoms with Crippen LogP contribution in [0.1, 0.15) is 57.1 Å². The average molecular weight is 669 g/mol. The Bertz CT molecular complexity index is 1690. The summed E-state index contributed by atoms with van der Waals surface area (Å²) in [6, 6.07) is 17.6. The Morgan fingerprint density at radius 3 is 2.51 bits per heavy atom. The number of nitrogens with one attached hydrogen (secondary N) is 1. The highest BCUT2D eigenvalue weighted by Crippen LogP contribution is 2.33. The summed E-state index contributed by atoms with van der Waals surface area (Å²) in [5.41, 5.74) is 4.25. The molecule has 1 aliphatic rings. The Balaban J connectivity index is 1.11. The number of carbonyl (C=O) groups is 1. The first-order chi connectivity index (χ1) is 22.4. The van der Waals surface area contributed by atoms with Gasteiger partial charge >= 0.3 is 12.4 Å². The second-order valence-corrected chi connectivity index (χ2v) is 12.7. The van der Waals surface area contributed by atoms with Gasteiger partial charge < -0.3 is 15.0 Å². The van der Waals surface area contributed by atoms with E-state index in [1.807, 2.05) is 49.9 Å². The number of urea groups is 1. The van der Waals surface area contributed by atoms with Gasteiger partial charge in [-0.15, -0.1) is 18.3 Å². The molecule has 4 aromatic rings. The lowest BCUT2D eigenvalue weighted by Crippen LogP contribution is -2.37. The van der Waals surface area contributed by atoms with E-state index in [2.05, 4.69) is 25.1 Å². The van der Waals surface area contributed by atoms with E-state index in [1.165, 1.54) is 53.1 Å². The molecule has 1 saturated heterocycles. The van der Waals surface area contributed by atoms with Gasteiger partial charge in [-0.2, -0.15) is 4.99 Å². The summed E-state index contributed by atoms with van der Waals surface area (Å²) in [6.45, 7) is 6.73. The summed E-state index contributed by atoms with van der Waals surface area (Å²) in [5.74, 6) is 0.890. The molecule has 0 spiro atoms. The standard InChI is InChI=1S/C34H36F4N6O2S/c1-22(2)29-20-26(35)12-17-30(29)43-18-5-19-47-33(43)41-32(45)40-23(3)6-4-7-24-8-10-25(11-9-24)31-39-21-44(42-31)27-13-15-28(16-14-27)46-34(36,37)38/h8-17,20-23H,4-7,18-19H2,1-3H3,(H,40,45). The van der Waals surface area contributed by atoms with Crippen molar-refractivity contribution in [3.05, 3.63) is 90.0 Å². The Hall–Kier alpha value is -4.39. The van der Waals surface area contributed by atoms with Crippen LogP contribution in [0.25, 0.3) is 17.1 Å². The number of alkyl halides is 3. The number of aliphatic imine (C=N–C) groups is 1. The van der Waals surface area contributed by atoms with Crippen molar-refractivity contribution < 1.29 is 27.1 Å². The second kappa shape index (κ2) is 15.0. The molecule has 0 radical (unpaired) electrons. The second-order valence-electron chi connectivity index (χ2n) is 11.6. The normalized spacial score (nSPS) is 15.2. The van der Waals surface area contributed by atoms with Crippen molar-refractivity contribution in [2.45, 2.75) is 64.8 Å².